The average Bonchev–Trinajstić information content (AvgIpc) is 2.46. The van der Waals surface area contributed by atoms with Crippen LogP contribution >= 0.6 is 0 Å². The molecule has 0 radical (unpaired) electrons. The van der Waals surface area contributed by atoms with Crippen LogP contribution in [0.2, 0.25) is 0 Å². The van der Waals surface area contributed by atoms with Crippen LogP contribution in [0, 0.1) is 0 Å². The van der Waals surface area contributed by atoms with Crippen LogP contribution in [-0.2, 0) is 11.0 Å². The molecule has 0 spiro atoms. The Morgan fingerprint density at radius 2 is 1.73 bits per heavy atom. The second kappa shape index (κ2) is 6.19. The van der Waals surface area contributed by atoms with Gasteiger partial charge in [0, 0.05) is 6.04 Å². The number of benzene rings is 2. The Labute approximate surface area is 125 Å². The highest BCUT2D eigenvalue weighted by Gasteiger charge is 2.31. The zero-order valence-electron chi connectivity index (χ0n) is 11.5. The Hall–Kier alpha value is -2.34. The van der Waals surface area contributed by atoms with Crippen molar-refractivity contribution in [2.45, 2.75) is 18.6 Å². The molecule has 0 aliphatic rings. The predicted octanol–water partition coefficient (Wildman–Crippen LogP) is 3.85. The van der Waals surface area contributed by atoms with Crippen LogP contribution in [0.15, 0.2) is 48.5 Å². The second-order valence-corrected chi connectivity index (χ2v) is 4.91. The third-order valence-corrected chi connectivity index (χ3v) is 3.21. The molecule has 2 aromatic carbocycles. The molecule has 0 bridgehead atoms. The van der Waals surface area contributed by atoms with Gasteiger partial charge >= 0.3 is 12.1 Å². The van der Waals surface area contributed by atoms with Crippen LogP contribution in [0.4, 0.5) is 13.2 Å². The van der Waals surface area contributed by atoms with E-state index in [1.165, 1.54) is 6.07 Å². The molecule has 2 rings (SSSR count). The first-order chi connectivity index (χ1) is 10.3. The number of rotatable bonds is 4. The number of hydrogen-bond donors (Lipinski definition) is 2. The van der Waals surface area contributed by atoms with E-state index >= 15 is 0 Å². The zero-order valence-corrected chi connectivity index (χ0v) is 11.5. The number of aliphatic carboxylic acids is 1. The number of carboxylic acids is 1. The Bertz CT molecular complexity index is 669. The Kier molecular flexibility index (Phi) is 4.51. The summed E-state index contributed by atoms with van der Waals surface area (Å²) >= 11 is 0. The van der Waals surface area contributed by atoms with Crippen molar-refractivity contribution in [3.05, 3.63) is 59.7 Å². The summed E-state index contributed by atoms with van der Waals surface area (Å²) in [5.41, 5.74) is 5.97. The van der Waals surface area contributed by atoms with Crippen molar-refractivity contribution in [2.24, 2.45) is 5.73 Å². The molecule has 0 heterocycles. The van der Waals surface area contributed by atoms with Crippen LogP contribution in [0.3, 0.4) is 0 Å². The molecule has 0 aliphatic heterocycles. The van der Waals surface area contributed by atoms with Gasteiger partial charge in [-0.15, -0.1) is 0 Å². The molecule has 3 nitrogen and oxygen atoms in total. The molecule has 0 unspecified atom stereocenters. The molecule has 6 heteroatoms. The van der Waals surface area contributed by atoms with Crippen molar-refractivity contribution >= 4 is 5.97 Å². The van der Waals surface area contributed by atoms with Crippen LogP contribution in [0.25, 0.3) is 11.1 Å². The van der Waals surface area contributed by atoms with Gasteiger partial charge in [0.05, 0.1) is 12.0 Å². The molecule has 3 N–H and O–H groups in total. The number of hydrogen-bond acceptors (Lipinski definition) is 2. The fourth-order valence-corrected chi connectivity index (χ4v) is 2.13. The third-order valence-electron chi connectivity index (χ3n) is 3.21. The molecule has 116 valence electrons. The highest BCUT2D eigenvalue weighted by molar-refractivity contribution is 5.69. The lowest BCUT2D eigenvalue weighted by atomic mass is 9.95. The predicted molar refractivity (Wildman–Crippen MR) is 76.1 cm³/mol. The summed E-state index contributed by atoms with van der Waals surface area (Å²) in [5, 5.41) is 8.76. The standard InChI is InChI=1S/C16H14F3NO2/c17-16(18,19)13-7-11(10-4-2-1-3-5-10)6-12(8-13)14(20)9-15(21)22/h1-8,14H,9,20H2,(H,21,22)/t14-/m0/s1. The van der Waals surface area contributed by atoms with Gasteiger partial charge in [-0.25, -0.2) is 0 Å². The Balaban J connectivity index is 2.53. The topological polar surface area (TPSA) is 63.3 Å². The van der Waals surface area contributed by atoms with Gasteiger partial charge in [0.15, 0.2) is 0 Å². The van der Waals surface area contributed by atoms with Gasteiger partial charge in [0.25, 0.3) is 0 Å². The maximum Gasteiger partial charge on any atom is 0.416 e. The molecule has 0 fully saturated rings. The van der Waals surface area contributed by atoms with Crippen molar-refractivity contribution in [2.75, 3.05) is 0 Å². The first-order valence-corrected chi connectivity index (χ1v) is 6.52. The molecule has 1 atom stereocenters. The number of nitrogens with two attached hydrogens (primary N) is 1. The monoisotopic (exact) mass is 309 g/mol. The fourth-order valence-electron chi connectivity index (χ4n) is 2.13. The summed E-state index contributed by atoms with van der Waals surface area (Å²) in [6, 6.07) is 11.0. The van der Waals surface area contributed by atoms with Crippen molar-refractivity contribution in [3.63, 3.8) is 0 Å². The van der Waals surface area contributed by atoms with E-state index in [2.05, 4.69) is 0 Å². The first-order valence-electron chi connectivity index (χ1n) is 6.52. The molecule has 0 aliphatic carbocycles. The Morgan fingerprint density at radius 3 is 2.27 bits per heavy atom. The third kappa shape index (κ3) is 3.85. The minimum absolute atomic E-state index is 0.149. The lowest BCUT2D eigenvalue weighted by Crippen LogP contribution is -2.16. The fraction of sp³-hybridized carbons (Fsp3) is 0.188. The van der Waals surface area contributed by atoms with E-state index in [1.807, 2.05) is 0 Å². The molecule has 0 saturated heterocycles. The number of carbonyl (C=O) groups is 1. The van der Waals surface area contributed by atoms with Crippen molar-refractivity contribution in [1.29, 1.82) is 0 Å². The number of carboxylic acid groups (broad SMARTS) is 1. The van der Waals surface area contributed by atoms with Gasteiger partial charge in [-0.2, -0.15) is 13.2 Å². The van der Waals surface area contributed by atoms with Crippen LogP contribution < -0.4 is 5.73 Å². The summed E-state index contributed by atoms with van der Waals surface area (Å²) in [7, 11) is 0. The molecule has 2 aromatic rings. The van der Waals surface area contributed by atoms with Gasteiger partial charge in [0.1, 0.15) is 0 Å². The normalized spacial score (nSPS) is 12.9. The maximum atomic E-state index is 13.0. The molecule has 0 aromatic heterocycles. The zero-order chi connectivity index (χ0) is 16.3. The van der Waals surface area contributed by atoms with Gasteiger partial charge in [-0.05, 0) is 34.9 Å². The average molecular weight is 309 g/mol. The van der Waals surface area contributed by atoms with Crippen LogP contribution in [0.5, 0.6) is 0 Å². The SMILES string of the molecule is N[C@@H](CC(=O)O)c1cc(-c2ccccc2)cc(C(F)(F)F)c1. The van der Waals surface area contributed by atoms with E-state index in [4.69, 9.17) is 10.8 Å². The van der Waals surface area contributed by atoms with Gasteiger partial charge in [-0.1, -0.05) is 30.3 Å². The van der Waals surface area contributed by atoms with Gasteiger partial charge < -0.3 is 10.8 Å². The highest BCUT2D eigenvalue weighted by atomic mass is 19.4. The van der Waals surface area contributed by atoms with E-state index in [0.717, 1.165) is 12.1 Å². The van der Waals surface area contributed by atoms with Crippen molar-refractivity contribution < 1.29 is 23.1 Å². The van der Waals surface area contributed by atoms with Crippen LogP contribution in [-0.4, -0.2) is 11.1 Å². The smallest absolute Gasteiger partial charge is 0.416 e. The number of alkyl halides is 3. The first kappa shape index (κ1) is 16.0. The van der Waals surface area contributed by atoms with E-state index < -0.39 is 30.2 Å². The summed E-state index contributed by atoms with van der Waals surface area (Å²) < 4.78 is 39.1. The van der Waals surface area contributed by atoms with E-state index in [9.17, 15) is 18.0 Å². The quantitative estimate of drug-likeness (QED) is 0.901. The largest absolute Gasteiger partial charge is 0.481 e. The molecular formula is C16H14F3NO2. The van der Waals surface area contributed by atoms with Gasteiger partial charge in [0.2, 0.25) is 0 Å². The van der Waals surface area contributed by atoms with Crippen LogP contribution in [0.1, 0.15) is 23.6 Å². The van der Waals surface area contributed by atoms with E-state index in [-0.39, 0.29) is 5.56 Å². The number of halogens is 3. The molecule has 0 amide bonds. The lowest BCUT2D eigenvalue weighted by Gasteiger charge is -2.16. The minimum atomic E-state index is -4.53. The minimum Gasteiger partial charge on any atom is -0.481 e. The highest BCUT2D eigenvalue weighted by Crippen LogP contribution is 2.35. The summed E-state index contributed by atoms with van der Waals surface area (Å²) in [5.74, 6) is -1.16. The molecular weight excluding hydrogens is 295 g/mol. The molecule has 0 saturated carbocycles. The van der Waals surface area contributed by atoms with E-state index in [0.29, 0.717) is 11.1 Å². The second-order valence-electron chi connectivity index (χ2n) is 4.91. The summed E-state index contributed by atoms with van der Waals surface area (Å²) in [4.78, 5) is 10.7. The Morgan fingerprint density at radius 1 is 1.09 bits per heavy atom. The molecule has 22 heavy (non-hydrogen) atoms. The van der Waals surface area contributed by atoms with Gasteiger partial charge in [-0.3, -0.25) is 4.79 Å². The van der Waals surface area contributed by atoms with E-state index in [1.54, 1.807) is 30.3 Å². The maximum absolute atomic E-state index is 13.0. The van der Waals surface area contributed by atoms with Crippen molar-refractivity contribution in [3.8, 4) is 11.1 Å². The summed E-state index contributed by atoms with van der Waals surface area (Å²) in [6.45, 7) is 0. The lowest BCUT2D eigenvalue weighted by molar-refractivity contribution is -0.138. The van der Waals surface area contributed by atoms with Crippen molar-refractivity contribution in [1.82, 2.24) is 0 Å². The summed E-state index contributed by atoms with van der Waals surface area (Å²) in [6.07, 6.45) is -4.96.